The zero-order chi connectivity index (χ0) is 15.6. The van der Waals surface area contributed by atoms with E-state index in [4.69, 9.17) is 4.42 Å². The van der Waals surface area contributed by atoms with E-state index in [9.17, 15) is 13.2 Å². The first kappa shape index (κ1) is 19.0. The minimum absolute atomic E-state index is 0. The lowest BCUT2D eigenvalue weighted by atomic mass is 9.97. The van der Waals surface area contributed by atoms with Crippen LogP contribution in [0.5, 0.6) is 0 Å². The number of rotatable bonds is 4. The summed E-state index contributed by atoms with van der Waals surface area (Å²) in [4.78, 5) is 11.5. The van der Waals surface area contributed by atoms with Gasteiger partial charge in [-0.1, -0.05) is 6.92 Å². The third-order valence-corrected chi connectivity index (χ3v) is 5.00. The smallest absolute Gasteiger partial charge is 0.341 e. The van der Waals surface area contributed by atoms with Gasteiger partial charge in [-0.3, -0.25) is 0 Å². The first-order valence-electron chi connectivity index (χ1n) is 6.77. The summed E-state index contributed by atoms with van der Waals surface area (Å²) in [5.41, 5.74) is 0.122. The molecule has 1 aliphatic rings. The maximum atomic E-state index is 12.3. The zero-order valence-electron chi connectivity index (χ0n) is 12.7. The molecule has 2 heterocycles. The van der Waals surface area contributed by atoms with E-state index in [-0.39, 0.29) is 40.8 Å². The van der Waals surface area contributed by atoms with Crippen molar-refractivity contribution in [2.75, 3.05) is 20.2 Å². The molecule has 0 amide bonds. The molecule has 0 radical (unpaired) electrons. The molecular weight excluding hydrogens is 332 g/mol. The third-order valence-electron chi connectivity index (χ3n) is 3.66. The van der Waals surface area contributed by atoms with Crippen molar-refractivity contribution < 1.29 is 22.4 Å². The fraction of sp³-hybridized carbons (Fsp3) is 0.615. The molecular formula is C13H21ClN2O5S. The van der Waals surface area contributed by atoms with Crippen LogP contribution in [0, 0.1) is 12.8 Å². The minimum atomic E-state index is -3.79. The largest absolute Gasteiger partial charge is 0.465 e. The Morgan fingerprint density at radius 3 is 2.77 bits per heavy atom. The third kappa shape index (κ3) is 4.01. The van der Waals surface area contributed by atoms with Crippen molar-refractivity contribution in [3.05, 3.63) is 17.4 Å². The molecule has 22 heavy (non-hydrogen) atoms. The van der Waals surface area contributed by atoms with Crippen molar-refractivity contribution in [3.8, 4) is 0 Å². The molecule has 2 rings (SSSR count). The summed E-state index contributed by atoms with van der Waals surface area (Å²) in [6, 6.07) is 1.05. The van der Waals surface area contributed by atoms with Crippen LogP contribution < -0.4 is 10.0 Å². The summed E-state index contributed by atoms with van der Waals surface area (Å²) < 4.78 is 37.1. The number of ether oxygens (including phenoxy) is 1. The number of furan rings is 1. The number of esters is 1. The summed E-state index contributed by atoms with van der Waals surface area (Å²) in [6.07, 6.45) is 0.712. The Labute approximate surface area is 136 Å². The number of carbonyl (C=O) groups is 1. The van der Waals surface area contributed by atoms with Gasteiger partial charge >= 0.3 is 5.97 Å². The van der Waals surface area contributed by atoms with Gasteiger partial charge in [0.15, 0.2) is 0 Å². The van der Waals surface area contributed by atoms with Crippen LogP contribution in [0.4, 0.5) is 0 Å². The van der Waals surface area contributed by atoms with Crippen LogP contribution in [0.2, 0.25) is 0 Å². The highest BCUT2D eigenvalue weighted by molar-refractivity contribution is 7.89. The van der Waals surface area contributed by atoms with E-state index in [0.717, 1.165) is 13.1 Å². The van der Waals surface area contributed by atoms with Gasteiger partial charge in [0.05, 0.1) is 7.11 Å². The van der Waals surface area contributed by atoms with E-state index in [1.807, 2.05) is 6.92 Å². The minimum Gasteiger partial charge on any atom is -0.465 e. The first-order valence-corrected chi connectivity index (χ1v) is 8.25. The van der Waals surface area contributed by atoms with Gasteiger partial charge in [-0.05, 0) is 32.4 Å². The van der Waals surface area contributed by atoms with E-state index < -0.39 is 16.0 Å². The molecule has 126 valence electrons. The summed E-state index contributed by atoms with van der Waals surface area (Å²) in [5, 5.41) is 2.95. The Balaban J connectivity index is 0.00000242. The standard InChI is InChI=1S/C13H20N2O5S.ClH/c1-8-7-14-5-4-11(8)15-21(17,18)12-6-10(9(2)20-12)13(16)19-3;/h6,8,11,14-15H,4-5,7H2,1-3H3;1H. The summed E-state index contributed by atoms with van der Waals surface area (Å²) in [6.45, 7) is 5.03. The van der Waals surface area contributed by atoms with Crippen LogP contribution in [0.15, 0.2) is 15.6 Å². The lowest BCUT2D eigenvalue weighted by Gasteiger charge is -2.29. The fourth-order valence-corrected chi connectivity index (χ4v) is 3.72. The molecule has 2 N–H and O–H groups in total. The van der Waals surface area contributed by atoms with Gasteiger partial charge in [0.1, 0.15) is 11.3 Å². The monoisotopic (exact) mass is 352 g/mol. The number of carbonyl (C=O) groups excluding carboxylic acids is 1. The molecule has 9 heteroatoms. The molecule has 0 saturated carbocycles. The van der Waals surface area contributed by atoms with E-state index in [0.29, 0.717) is 6.42 Å². The zero-order valence-corrected chi connectivity index (χ0v) is 14.3. The first-order chi connectivity index (χ1) is 9.85. The Bertz CT molecular complexity index is 628. The molecule has 1 fully saturated rings. The molecule has 1 aliphatic heterocycles. The van der Waals surface area contributed by atoms with Gasteiger partial charge in [-0.25, -0.2) is 17.9 Å². The lowest BCUT2D eigenvalue weighted by Crippen LogP contribution is -2.48. The fourth-order valence-electron chi connectivity index (χ4n) is 2.35. The van der Waals surface area contributed by atoms with Crippen LogP contribution in [0.3, 0.4) is 0 Å². The SMILES string of the molecule is COC(=O)c1cc(S(=O)(=O)NC2CCNCC2C)oc1C.Cl. The van der Waals surface area contributed by atoms with Crippen LogP contribution in [0.1, 0.15) is 29.5 Å². The van der Waals surface area contributed by atoms with Gasteiger partial charge in [0.2, 0.25) is 5.09 Å². The number of aryl methyl sites for hydroxylation is 1. The van der Waals surface area contributed by atoms with Crippen LogP contribution >= 0.6 is 12.4 Å². The number of piperidine rings is 1. The molecule has 1 aromatic heterocycles. The van der Waals surface area contributed by atoms with Gasteiger partial charge in [-0.15, -0.1) is 12.4 Å². The van der Waals surface area contributed by atoms with Gasteiger partial charge < -0.3 is 14.5 Å². The average Bonchev–Trinajstić information content (AvgIpc) is 2.83. The second-order valence-electron chi connectivity index (χ2n) is 5.22. The number of hydrogen-bond acceptors (Lipinski definition) is 6. The van der Waals surface area contributed by atoms with Crippen molar-refractivity contribution in [1.29, 1.82) is 0 Å². The summed E-state index contributed by atoms with van der Waals surface area (Å²) in [7, 11) is -2.55. The number of halogens is 1. The Morgan fingerprint density at radius 1 is 1.50 bits per heavy atom. The van der Waals surface area contributed by atoms with Crippen molar-refractivity contribution in [3.63, 3.8) is 0 Å². The molecule has 1 saturated heterocycles. The second kappa shape index (κ2) is 7.45. The highest BCUT2D eigenvalue weighted by Gasteiger charge is 2.30. The van der Waals surface area contributed by atoms with Crippen molar-refractivity contribution in [1.82, 2.24) is 10.0 Å². The van der Waals surface area contributed by atoms with Crippen molar-refractivity contribution in [2.24, 2.45) is 5.92 Å². The normalized spacial score (nSPS) is 22.0. The number of sulfonamides is 1. The Kier molecular flexibility index (Phi) is 6.42. The van der Waals surface area contributed by atoms with E-state index in [1.54, 1.807) is 0 Å². The Hall–Kier alpha value is -1.09. The molecule has 2 unspecified atom stereocenters. The predicted octanol–water partition coefficient (Wildman–Crippen LogP) is 1.07. The van der Waals surface area contributed by atoms with Gasteiger partial charge in [-0.2, -0.15) is 0 Å². The van der Waals surface area contributed by atoms with Crippen LogP contribution in [-0.2, 0) is 14.8 Å². The molecule has 2 atom stereocenters. The average molecular weight is 353 g/mol. The van der Waals surface area contributed by atoms with Gasteiger partial charge in [0.25, 0.3) is 10.0 Å². The van der Waals surface area contributed by atoms with Gasteiger partial charge in [0, 0.05) is 12.1 Å². The molecule has 1 aromatic rings. The van der Waals surface area contributed by atoms with Crippen molar-refractivity contribution in [2.45, 2.75) is 31.4 Å². The molecule has 0 spiro atoms. The molecule has 0 aliphatic carbocycles. The van der Waals surface area contributed by atoms with Crippen LogP contribution in [0.25, 0.3) is 0 Å². The molecule has 0 bridgehead atoms. The van der Waals surface area contributed by atoms with E-state index in [2.05, 4.69) is 14.8 Å². The summed E-state index contributed by atoms with van der Waals surface area (Å²) >= 11 is 0. The highest BCUT2D eigenvalue weighted by atomic mass is 35.5. The lowest BCUT2D eigenvalue weighted by molar-refractivity contribution is 0.0599. The summed E-state index contributed by atoms with van der Waals surface area (Å²) in [5.74, 6) is -0.210. The number of methoxy groups -OCH3 is 1. The topological polar surface area (TPSA) is 97.6 Å². The molecule has 7 nitrogen and oxygen atoms in total. The van der Waals surface area contributed by atoms with E-state index in [1.165, 1.54) is 20.1 Å². The second-order valence-corrected chi connectivity index (χ2v) is 6.87. The number of hydrogen-bond donors (Lipinski definition) is 2. The number of nitrogens with one attached hydrogen (secondary N) is 2. The quantitative estimate of drug-likeness (QED) is 0.787. The van der Waals surface area contributed by atoms with Crippen LogP contribution in [-0.4, -0.2) is 40.6 Å². The van der Waals surface area contributed by atoms with E-state index >= 15 is 0 Å². The molecule has 0 aromatic carbocycles. The van der Waals surface area contributed by atoms with Crippen molar-refractivity contribution >= 4 is 28.4 Å². The Morgan fingerprint density at radius 2 is 2.18 bits per heavy atom. The maximum Gasteiger partial charge on any atom is 0.341 e. The highest BCUT2D eigenvalue weighted by Crippen LogP contribution is 2.21. The predicted molar refractivity (Wildman–Crippen MR) is 82.8 cm³/mol. The maximum absolute atomic E-state index is 12.3.